The molecule has 1 heterocycles. The quantitative estimate of drug-likeness (QED) is 0.613. The minimum Gasteiger partial charge on any atom is -0.301 e. The summed E-state index contributed by atoms with van der Waals surface area (Å²) in [7, 11) is 0. The Hall–Kier alpha value is -1.70. The van der Waals surface area contributed by atoms with Gasteiger partial charge in [0.15, 0.2) is 5.11 Å². The maximum Gasteiger partial charge on any atom is 0.280 e. The zero-order valence-corrected chi connectivity index (χ0v) is 15.2. The Labute approximate surface area is 153 Å². The van der Waals surface area contributed by atoms with Crippen molar-refractivity contribution in [2.45, 2.75) is 24.6 Å². The highest BCUT2D eigenvalue weighted by Gasteiger charge is 2.68. The lowest BCUT2D eigenvalue weighted by Crippen LogP contribution is -2.45. The summed E-state index contributed by atoms with van der Waals surface area (Å²) in [5.74, 6) is 0.0152. The molecule has 1 saturated carbocycles. The fraction of sp³-hybridized carbons (Fsp3) is 0.333. The van der Waals surface area contributed by atoms with Gasteiger partial charge in [-0.15, -0.1) is 23.2 Å². The summed E-state index contributed by atoms with van der Waals surface area (Å²) in [5, 5.41) is 2.93. The van der Waals surface area contributed by atoms with Crippen molar-refractivity contribution in [1.29, 1.82) is 0 Å². The van der Waals surface area contributed by atoms with Crippen LogP contribution in [0.2, 0.25) is 0 Å². The van der Waals surface area contributed by atoms with Crippen LogP contribution < -0.4 is 16.3 Å². The molecule has 2 N–H and O–H groups in total. The summed E-state index contributed by atoms with van der Waals surface area (Å²) in [4.78, 5) is 29.1. The van der Waals surface area contributed by atoms with Crippen LogP contribution in [0.15, 0.2) is 29.1 Å². The molecule has 1 amide bonds. The third-order valence-corrected chi connectivity index (χ3v) is 5.44. The number of hydrogen-bond acceptors (Lipinski definition) is 4. The van der Waals surface area contributed by atoms with E-state index in [9.17, 15) is 9.59 Å². The van der Waals surface area contributed by atoms with Gasteiger partial charge in [0.2, 0.25) is 5.91 Å². The van der Waals surface area contributed by atoms with E-state index in [0.29, 0.717) is 23.1 Å². The molecule has 9 heteroatoms. The second kappa shape index (κ2) is 5.68. The molecule has 1 aliphatic rings. The minimum absolute atomic E-state index is 0.0282. The number of alkyl halides is 2. The van der Waals surface area contributed by atoms with Gasteiger partial charge in [-0.1, -0.05) is 12.1 Å². The number of para-hydroxylation sites is 1. The number of benzene rings is 1. The van der Waals surface area contributed by atoms with Crippen molar-refractivity contribution in [2.75, 3.05) is 5.43 Å². The van der Waals surface area contributed by atoms with Crippen LogP contribution in [0.1, 0.15) is 19.2 Å². The smallest absolute Gasteiger partial charge is 0.280 e. The molecular formula is C15H14Cl2N4O2S. The fourth-order valence-electron chi connectivity index (χ4n) is 2.39. The zero-order chi connectivity index (χ0) is 17.7. The Kier molecular flexibility index (Phi) is 4.06. The SMILES string of the molecule is Cc1nc2ccccc2c(=O)n1NC(=S)NC(=O)C1(C)CC1(Cl)Cl. The standard InChI is InChI=1S/C15H14Cl2N4O2S/c1-8-18-10-6-4-3-5-9(10)11(22)21(8)20-13(24)19-12(23)14(2)7-15(14,16)17/h3-6H,7H2,1-2H3,(H2,19,20,23,24). The lowest BCUT2D eigenvalue weighted by Gasteiger charge is -2.16. The maximum absolute atomic E-state index is 12.5. The number of thiocarbonyl (C=S) groups is 1. The highest BCUT2D eigenvalue weighted by molar-refractivity contribution is 7.80. The first-order valence-corrected chi connectivity index (χ1v) is 8.31. The predicted octanol–water partition coefficient (Wildman–Crippen LogP) is 2.23. The zero-order valence-electron chi connectivity index (χ0n) is 12.9. The average Bonchev–Trinajstić information content (AvgIpc) is 3.03. The van der Waals surface area contributed by atoms with Crippen molar-refractivity contribution in [3.8, 4) is 0 Å². The number of hydrogen-bond donors (Lipinski definition) is 2. The summed E-state index contributed by atoms with van der Waals surface area (Å²) in [5.41, 5.74) is 2.07. The van der Waals surface area contributed by atoms with Crippen molar-refractivity contribution in [3.63, 3.8) is 0 Å². The molecule has 0 spiro atoms. The minimum atomic E-state index is -1.09. The molecule has 0 radical (unpaired) electrons. The van der Waals surface area contributed by atoms with E-state index in [1.165, 1.54) is 4.68 Å². The van der Waals surface area contributed by atoms with Crippen LogP contribution in [0.25, 0.3) is 10.9 Å². The predicted molar refractivity (Wildman–Crippen MR) is 98.0 cm³/mol. The number of carbonyl (C=O) groups is 1. The Morgan fingerprint density at radius 3 is 2.62 bits per heavy atom. The molecule has 6 nitrogen and oxygen atoms in total. The van der Waals surface area contributed by atoms with Crippen LogP contribution in [0.4, 0.5) is 0 Å². The molecule has 126 valence electrons. The third-order valence-electron chi connectivity index (χ3n) is 4.14. The number of aromatic nitrogens is 2. The fourth-order valence-corrected chi connectivity index (χ4v) is 3.28. The van der Waals surface area contributed by atoms with E-state index in [0.717, 1.165) is 0 Å². The third kappa shape index (κ3) is 2.76. The number of aryl methyl sites for hydroxylation is 1. The number of amides is 1. The summed E-state index contributed by atoms with van der Waals surface area (Å²) >= 11 is 17.1. The highest BCUT2D eigenvalue weighted by Crippen LogP contribution is 2.63. The monoisotopic (exact) mass is 384 g/mol. The average molecular weight is 385 g/mol. The van der Waals surface area contributed by atoms with Gasteiger partial charge < -0.3 is 5.32 Å². The molecule has 1 aromatic carbocycles. The van der Waals surface area contributed by atoms with E-state index in [-0.39, 0.29) is 10.7 Å². The van der Waals surface area contributed by atoms with Gasteiger partial charge in [-0.3, -0.25) is 15.0 Å². The van der Waals surface area contributed by atoms with Crippen LogP contribution in [0, 0.1) is 12.3 Å². The summed E-state index contributed by atoms with van der Waals surface area (Å²) < 4.78 is 0.0960. The lowest BCUT2D eigenvalue weighted by atomic mass is 10.1. The number of carbonyl (C=O) groups excluding carboxylic acids is 1. The molecule has 1 unspecified atom stereocenters. The van der Waals surface area contributed by atoms with Crippen molar-refractivity contribution in [3.05, 3.63) is 40.4 Å². The van der Waals surface area contributed by atoms with Gasteiger partial charge in [-0.2, -0.15) is 0 Å². The highest BCUT2D eigenvalue weighted by atomic mass is 35.5. The van der Waals surface area contributed by atoms with E-state index in [1.807, 2.05) is 0 Å². The molecule has 2 aromatic rings. The first-order valence-electron chi connectivity index (χ1n) is 7.14. The molecule has 24 heavy (non-hydrogen) atoms. The van der Waals surface area contributed by atoms with Gasteiger partial charge in [-0.05, 0) is 44.6 Å². The molecule has 1 fully saturated rings. The summed E-state index contributed by atoms with van der Waals surface area (Å²) in [6.45, 7) is 3.32. The van der Waals surface area contributed by atoms with Crippen molar-refractivity contribution in [2.24, 2.45) is 5.41 Å². The number of nitrogens with one attached hydrogen (secondary N) is 2. The van der Waals surface area contributed by atoms with Gasteiger partial charge in [0.05, 0.1) is 16.3 Å². The van der Waals surface area contributed by atoms with E-state index >= 15 is 0 Å². The van der Waals surface area contributed by atoms with Crippen LogP contribution >= 0.6 is 35.4 Å². The Balaban J connectivity index is 1.82. The van der Waals surface area contributed by atoms with E-state index in [4.69, 9.17) is 35.4 Å². The van der Waals surface area contributed by atoms with Crippen LogP contribution in [-0.4, -0.2) is 25.0 Å². The lowest BCUT2D eigenvalue weighted by molar-refractivity contribution is -0.124. The van der Waals surface area contributed by atoms with Crippen molar-refractivity contribution < 1.29 is 4.79 Å². The topological polar surface area (TPSA) is 76.0 Å². The number of halogens is 2. The normalized spacial score (nSPS) is 21.3. The summed E-state index contributed by atoms with van der Waals surface area (Å²) in [6.07, 6.45) is 0.341. The molecule has 0 aliphatic heterocycles. The number of fused-ring (bicyclic) bond motifs is 1. The molecule has 3 rings (SSSR count). The van der Waals surface area contributed by atoms with Gasteiger partial charge >= 0.3 is 0 Å². The molecule has 0 saturated heterocycles. The van der Waals surface area contributed by atoms with Gasteiger partial charge in [0, 0.05) is 0 Å². The second-order valence-corrected chi connectivity index (χ2v) is 7.82. The van der Waals surface area contributed by atoms with Gasteiger partial charge in [0.25, 0.3) is 5.56 Å². The molecular weight excluding hydrogens is 371 g/mol. The van der Waals surface area contributed by atoms with Crippen LogP contribution in [0.3, 0.4) is 0 Å². The maximum atomic E-state index is 12.5. The Bertz CT molecular complexity index is 927. The molecule has 1 aromatic heterocycles. The largest absolute Gasteiger partial charge is 0.301 e. The number of rotatable bonds is 2. The van der Waals surface area contributed by atoms with Crippen molar-refractivity contribution in [1.82, 2.24) is 15.0 Å². The first kappa shape index (κ1) is 17.1. The molecule has 1 atom stereocenters. The molecule has 0 bridgehead atoms. The Morgan fingerprint density at radius 2 is 2.00 bits per heavy atom. The van der Waals surface area contributed by atoms with E-state index < -0.39 is 15.7 Å². The summed E-state index contributed by atoms with van der Waals surface area (Å²) in [6, 6.07) is 6.98. The Morgan fingerprint density at radius 1 is 1.38 bits per heavy atom. The van der Waals surface area contributed by atoms with Crippen molar-refractivity contribution >= 4 is 57.3 Å². The van der Waals surface area contributed by atoms with E-state index in [2.05, 4.69) is 15.7 Å². The van der Waals surface area contributed by atoms with Crippen LogP contribution in [-0.2, 0) is 4.79 Å². The van der Waals surface area contributed by atoms with Crippen LogP contribution in [0.5, 0.6) is 0 Å². The molecule has 1 aliphatic carbocycles. The van der Waals surface area contributed by atoms with Gasteiger partial charge in [-0.25, -0.2) is 9.66 Å². The second-order valence-electron chi connectivity index (χ2n) is 5.93. The van der Waals surface area contributed by atoms with Gasteiger partial charge in [0.1, 0.15) is 10.2 Å². The van der Waals surface area contributed by atoms with E-state index in [1.54, 1.807) is 38.1 Å². The first-order chi connectivity index (χ1) is 11.2. The number of nitrogens with zero attached hydrogens (tertiary/aromatic N) is 2.